The molecule has 0 fully saturated rings. The van der Waals surface area contributed by atoms with Crippen LogP contribution in [0.1, 0.15) is 15.9 Å². The Bertz CT molecular complexity index is 466. The van der Waals surface area contributed by atoms with Gasteiger partial charge in [-0.15, -0.1) is 0 Å². The van der Waals surface area contributed by atoms with Crippen molar-refractivity contribution < 1.29 is 16.1 Å². The van der Waals surface area contributed by atoms with Gasteiger partial charge in [0.25, 0.3) is 0 Å². The van der Waals surface area contributed by atoms with E-state index in [1.165, 1.54) is 0 Å². The lowest BCUT2D eigenvalue weighted by molar-refractivity contribution is -0.138. The summed E-state index contributed by atoms with van der Waals surface area (Å²) in [5, 5.41) is 8.81. The molecule has 18 heavy (non-hydrogen) atoms. The van der Waals surface area contributed by atoms with E-state index in [-0.39, 0.29) is 18.0 Å². The molecule has 1 aromatic carbocycles. The first-order chi connectivity index (χ1) is 9.01. The second-order valence-corrected chi connectivity index (χ2v) is 4.27. The van der Waals surface area contributed by atoms with Crippen LogP contribution in [0.4, 0.5) is 0 Å². The van der Waals surface area contributed by atoms with Crippen LogP contribution in [0.15, 0.2) is 24.3 Å². The van der Waals surface area contributed by atoms with Gasteiger partial charge in [0, 0.05) is 11.3 Å². The Kier molecular flexibility index (Phi) is 4.74. The Morgan fingerprint density at radius 3 is 2.61 bits per heavy atom. The molecular formula is C12H16N2O3S. The molecule has 0 bridgehead atoms. The molecule has 0 amide bonds. The van der Waals surface area contributed by atoms with E-state index < -0.39 is 18.1 Å². The van der Waals surface area contributed by atoms with Gasteiger partial charge in [0.1, 0.15) is 7.45 Å². The highest BCUT2D eigenvalue weighted by molar-refractivity contribution is 7.80. The number of nitrogens with two attached hydrogens (primary N) is 2. The fourth-order valence-corrected chi connectivity index (χ4v) is 1.70. The zero-order valence-corrected chi connectivity index (χ0v) is 10.6. The molecule has 0 aliphatic carbocycles. The molecule has 0 unspecified atom stereocenters. The summed E-state index contributed by atoms with van der Waals surface area (Å²) in [4.78, 5) is 22.9. The number of rotatable bonds is 7. The first-order valence-corrected chi connectivity index (χ1v) is 6.03. The highest BCUT2D eigenvalue weighted by atomic mass is 32.1. The molecule has 0 aromatic heterocycles. The molecule has 0 heterocycles. The third-order valence-corrected chi connectivity index (χ3v) is 2.90. The van der Waals surface area contributed by atoms with Crippen molar-refractivity contribution in [2.24, 2.45) is 11.5 Å². The first-order valence-electron chi connectivity index (χ1n) is 5.89. The van der Waals surface area contributed by atoms with E-state index in [0.29, 0.717) is 11.1 Å². The Hall–Kier alpha value is -1.37. The van der Waals surface area contributed by atoms with Gasteiger partial charge in [-0.05, 0) is 12.0 Å². The number of carboxylic acid groups (broad SMARTS) is 1. The Morgan fingerprint density at radius 1 is 1.39 bits per heavy atom. The molecule has 2 atom stereocenters. The topological polar surface area (TPSA) is 106 Å². The summed E-state index contributed by atoms with van der Waals surface area (Å²) in [6, 6.07) is 4.86. The number of aliphatic carboxylic acids is 1. The quantitative estimate of drug-likeness (QED) is 0.414. The van der Waals surface area contributed by atoms with Crippen LogP contribution in [-0.4, -0.2) is 34.7 Å². The van der Waals surface area contributed by atoms with Crippen LogP contribution in [0.5, 0.6) is 0 Å². The Balaban J connectivity index is 3.01. The van der Waals surface area contributed by atoms with Crippen molar-refractivity contribution in [2.45, 2.75) is 18.5 Å². The summed E-state index contributed by atoms with van der Waals surface area (Å²) in [6.07, 6.45) is 0.0640. The van der Waals surface area contributed by atoms with E-state index >= 15 is 0 Å². The summed E-state index contributed by atoms with van der Waals surface area (Å²) in [7, 11) is 0. The van der Waals surface area contributed by atoms with E-state index in [1.54, 1.807) is 24.3 Å². The highest BCUT2D eigenvalue weighted by Crippen LogP contribution is 2.13. The average Bonchev–Trinajstić information content (AvgIpc) is 2.40. The Labute approximate surface area is 112 Å². The average molecular weight is 269 g/mol. The molecule has 1 rings (SSSR count). The van der Waals surface area contributed by atoms with Gasteiger partial charge >= 0.3 is 5.97 Å². The number of Topliss-reactive ketones (excluding diaryl/α,β-unsaturated/α-hetero) is 1. The minimum Gasteiger partial charge on any atom is -0.480 e. The molecule has 0 saturated carbocycles. The van der Waals surface area contributed by atoms with Gasteiger partial charge in [-0.2, -0.15) is 12.6 Å². The van der Waals surface area contributed by atoms with Gasteiger partial charge in [0.15, 0.2) is 5.78 Å². The van der Waals surface area contributed by atoms with Crippen molar-refractivity contribution in [3.8, 4) is 0 Å². The van der Waals surface area contributed by atoms with Crippen LogP contribution >= 0.6 is 12.6 Å². The minimum absolute atomic E-state index is 0.0640. The summed E-state index contributed by atoms with van der Waals surface area (Å²) < 4.78 is 7.08. The molecular weight excluding hydrogens is 252 g/mol. The summed E-state index contributed by atoms with van der Waals surface area (Å²) in [6.45, 7) is 0. The number of benzene rings is 1. The van der Waals surface area contributed by atoms with Crippen LogP contribution < -0.4 is 11.5 Å². The second kappa shape index (κ2) is 6.53. The summed E-state index contributed by atoms with van der Waals surface area (Å²) in [5.41, 5.74) is 8.54. The number of carbonyl (C=O) groups excluding carboxylic acids is 1. The van der Waals surface area contributed by atoms with E-state index in [2.05, 4.69) is 18.4 Å². The van der Waals surface area contributed by atoms with Crippen LogP contribution in [-0.2, 0) is 11.2 Å². The first kappa shape index (κ1) is 13.1. The second-order valence-electron chi connectivity index (χ2n) is 3.91. The largest absolute Gasteiger partial charge is 0.480 e. The molecule has 0 radical (unpaired) electrons. The zero-order chi connectivity index (χ0) is 14.4. The fraction of sp³-hybridized carbons (Fsp3) is 0.333. The number of thiol groups is 1. The van der Waals surface area contributed by atoms with Crippen molar-refractivity contribution >= 4 is 24.4 Å². The normalized spacial score (nSPS) is 14.7. The van der Waals surface area contributed by atoms with Gasteiger partial charge in [-0.25, -0.2) is 0 Å². The third-order valence-electron chi connectivity index (χ3n) is 2.54. The van der Waals surface area contributed by atoms with E-state index in [9.17, 15) is 9.59 Å². The van der Waals surface area contributed by atoms with Gasteiger partial charge in [-0.1, -0.05) is 24.3 Å². The van der Waals surface area contributed by atoms with Crippen molar-refractivity contribution in [1.29, 1.82) is 0 Å². The molecule has 5 N–H and O–H groups in total. The van der Waals surface area contributed by atoms with E-state index in [1.807, 2.05) is 0 Å². The fourth-order valence-electron chi connectivity index (χ4n) is 1.53. The maximum absolute atomic E-state index is 12.2. The molecule has 0 saturated heterocycles. The Morgan fingerprint density at radius 2 is 2.06 bits per heavy atom. The van der Waals surface area contributed by atoms with Crippen molar-refractivity contribution in [2.75, 3.05) is 5.75 Å². The van der Waals surface area contributed by atoms with Gasteiger partial charge in [-0.3, -0.25) is 9.59 Å². The number of carbonyl (C=O) groups is 2. The van der Waals surface area contributed by atoms with Crippen LogP contribution in [0.2, 0.25) is 1.41 Å². The molecule has 0 spiro atoms. The van der Waals surface area contributed by atoms with Gasteiger partial charge in [0.2, 0.25) is 0 Å². The number of ketones is 1. The maximum atomic E-state index is 12.2. The zero-order valence-electron chi connectivity index (χ0n) is 10.7. The minimum atomic E-state index is -1.12. The molecule has 0 aliphatic rings. The number of carboxylic acids is 1. The highest BCUT2D eigenvalue weighted by Gasteiger charge is 2.20. The van der Waals surface area contributed by atoms with Gasteiger partial charge < -0.3 is 16.6 Å². The number of hydrogen-bond acceptors (Lipinski definition) is 5. The lowest BCUT2D eigenvalue weighted by Gasteiger charge is -2.13. The lowest BCUT2D eigenvalue weighted by Crippen LogP contribution is -2.35. The SMILES string of the molecule is [2H]N[C@@H](CS)C(=O)c1ccccc1C[C@H](N)C(=O)O. The molecule has 6 heteroatoms. The molecule has 1 aromatic rings. The number of hydrogen-bond donors (Lipinski definition) is 4. The lowest BCUT2D eigenvalue weighted by atomic mass is 9.95. The van der Waals surface area contributed by atoms with Crippen LogP contribution in [0.3, 0.4) is 0 Å². The van der Waals surface area contributed by atoms with Crippen LogP contribution in [0, 0.1) is 0 Å². The maximum Gasteiger partial charge on any atom is 0.320 e. The van der Waals surface area contributed by atoms with Crippen molar-refractivity contribution in [3.63, 3.8) is 0 Å². The predicted octanol–water partition coefficient (Wildman–Crippen LogP) is 0.0808. The molecule has 98 valence electrons. The molecule has 0 aliphatic heterocycles. The summed E-state index contributed by atoms with van der Waals surface area (Å²) in [5.74, 6) is -1.23. The standard InChI is InChI=1S/C12H16N2O3S/c13-9(12(16)17)5-7-3-1-2-4-8(7)11(15)10(14)6-18/h1-4,9-10,18H,5-6,13-14H2,(H,16,17)/t9-,10-/m0/s1/i/hD. The van der Waals surface area contributed by atoms with Crippen LogP contribution in [0.25, 0.3) is 0 Å². The van der Waals surface area contributed by atoms with Gasteiger partial charge in [0.05, 0.1) is 6.04 Å². The summed E-state index contributed by atoms with van der Waals surface area (Å²) >= 11 is 4.00. The predicted molar refractivity (Wildman–Crippen MR) is 71.9 cm³/mol. The van der Waals surface area contributed by atoms with E-state index in [4.69, 9.17) is 12.3 Å². The van der Waals surface area contributed by atoms with Crippen molar-refractivity contribution in [3.05, 3.63) is 35.4 Å². The van der Waals surface area contributed by atoms with E-state index in [0.717, 1.165) is 0 Å². The monoisotopic (exact) mass is 269 g/mol. The third kappa shape index (κ3) is 3.56. The molecule has 5 nitrogen and oxygen atoms in total. The van der Waals surface area contributed by atoms with Crippen molar-refractivity contribution in [1.82, 2.24) is 0 Å². The smallest absolute Gasteiger partial charge is 0.320 e.